The molecule has 1 atom stereocenters. The molecule has 8 nitrogen and oxygen atoms in total. The summed E-state index contributed by atoms with van der Waals surface area (Å²) in [5.41, 5.74) is 1.84. The third-order valence-electron chi connectivity index (χ3n) is 5.27. The molecule has 1 unspecified atom stereocenters. The molecule has 2 N–H and O–H groups in total. The van der Waals surface area contributed by atoms with Gasteiger partial charge >= 0.3 is 5.69 Å². The minimum atomic E-state index is -0.928. The Labute approximate surface area is 168 Å². The number of benzene rings is 1. The Balaban J connectivity index is 1.92. The van der Waals surface area contributed by atoms with Crippen molar-refractivity contribution in [3.63, 3.8) is 0 Å². The lowest BCUT2D eigenvalue weighted by Gasteiger charge is -2.14. The molecule has 0 aliphatic carbocycles. The first-order valence-corrected chi connectivity index (χ1v) is 9.76. The molecule has 0 fully saturated rings. The summed E-state index contributed by atoms with van der Waals surface area (Å²) in [6, 6.07) is 5.66. The highest BCUT2D eigenvalue weighted by atomic mass is 16.2. The van der Waals surface area contributed by atoms with Crippen LogP contribution in [-0.4, -0.2) is 20.9 Å². The summed E-state index contributed by atoms with van der Waals surface area (Å²) in [4.78, 5) is 50.4. The van der Waals surface area contributed by atoms with Gasteiger partial charge in [-0.3, -0.25) is 23.5 Å². The quantitative estimate of drug-likeness (QED) is 0.777. The maximum atomic E-state index is 12.7. The summed E-state index contributed by atoms with van der Waals surface area (Å²) in [6.45, 7) is 6.24. The second-order valence-electron chi connectivity index (χ2n) is 7.53. The molecule has 3 rings (SSSR count). The van der Waals surface area contributed by atoms with Crippen molar-refractivity contribution < 1.29 is 9.59 Å². The number of fused-ring (bicyclic) bond motifs is 1. The Morgan fingerprint density at radius 2 is 1.93 bits per heavy atom. The van der Waals surface area contributed by atoms with Gasteiger partial charge in [0.1, 0.15) is 5.82 Å². The van der Waals surface area contributed by atoms with E-state index in [4.69, 9.17) is 0 Å². The van der Waals surface area contributed by atoms with Crippen LogP contribution in [0.25, 0.3) is 0 Å². The van der Waals surface area contributed by atoms with E-state index in [-0.39, 0.29) is 23.7 Å². The van der Waals surface area contributed by atoms with Crippen molar-refractivity contribution in [3.8, 4) is 0 Å². The van der Waals surface area contributed by atoms with Crippen molar-refractivity contribution in [2.45, 2.75) is 52.5 Å². The van der Waals surface area contributed by atoms with Crippen LogP contribution in [0, 0.1) is 13.8 Å². The van der Waals surface area contributed by atoms with Crippen molar-refractivity contribution in [2.24, 2.45) is 7.05 Å². The van der Waals surface area contributed by atoms with Crippen LogP contribution in [0.3, 0.4) is 0 Å². The fourth-order valence-corrected chi connectivity index (χ4v) is 3.63. The van der Waals surface area contributed by atoms with Gasteiger partial charge in [0.05, 0.1) is 11.5 Å². The number of nitrogens with one attached hydrogen (secondary N) is 2. The van der Waals surface area contributed by atoms with Gasteiger partial charge in [-0.1, -0.05) is 31.0 Å². The van der Waals surface area contributed by atoms with Gasteiger partial charge in [-0.15, -0.1) is 0 Å². The molecule has 0 saturated heterocycles. The van der Waals surface area contributed by atoms with E-state index in [1.807, 2.05) is 39.0 Å². The van der Waals surface area contributed by atoms with Gasteiger partial charge in [0.15, 0.2) is 0 Å². The van der Waals surface area contributed by atoms with E-state index in [0.717, 1.165) is 28.5 Å². The second-order valence-corrected chi connectivity index (χ2v) is 7.53. The summed E-state index contributed by atoms with van der Waals surface area (Å²) >= 11 is 0. The van der Waals surface area contributed by atoms with Gasteiger partial charge in [0.25, 0.3) is 5.56 Å². The lowest BCUT2D eigenvalue weighted by Crippen LogP contribution is -2.40. The number of nitrogens with zero attached hydrogens (tertiary/aromatic N) is 2. The number of carbonyl (C=O) groups is 2. The predicted octanol–water partition coefficient (Wildman–Crippen LogP) is 2.03. The molecular weight excluding hydrogens is 372 g/mol. The SMILES string of the molecule is CCCCn1c2c(c(=O)n(C)c1=O)C(CC(=O)Nc1ccc(C)cc1C)C(=O)N2. The van der Waals surface area contributed by atoms with Gasteiger partial charge < -0.3 is 10.6 Å². The lowest BCUT2D eigenvalue weighted by molar-refractivity contribution is -0.122. The molecule has 0 bridgehead atoms. The zero-order valence-electron chi connectivity index (χ0n) is 17.2. The van der Waals surface area contributed by atoms with E-state index in [9.17, 15) is 19.2 Å². The largest absolute Gasteiger partial charge is 0.332 e. The van der Waals surface area contributed by atoms with Crippen molar-refractivity contribution in [1.29, 1.82) is 0 Å². The summed E-state index contributed by atoms with van der Waals surface area (Å²) in [5, 5.41) is 5.47. The number of unbranched alkanes of at least 4 members (excludes halogenated alkanes) is 1. The molecule has 1 aromatic carbocycles. The minimum absolute atomic E-state index is 0.173. The number of anilines is 2. The van der Waals surface area contributed by atoms with E-state index in [2.05, 4.69) is 10.6 Å². The summed E-state index contributed by atoms with van der Waals surface area (Å²) < 4.78 is 2.42. The molecular formula is C21H26N4O4. The number of amides is 2. The Morgan fingerprint density at radius 3 is 2.59 bits per heavy atom. The molecule has 154 valence electrons. The maximum absolute atomic E-state index is 12.7. The first-order chi connectivity index (χ1) is 13.7. The Morgan fingerprint density at radius 1 is 1.21 bits per heavy atom. The monoisotopic (exact) mass is 398 g/mol. The van der Waals surface area contributed by atoms with E-state index < -0.39 is 23.1 Å². The Kier molecular flexibility index (Phi) is 5.72. The zero-order valence-corrected chi connectivity index (χ0v) is 17.2. The molecule has 1 aliphatic heterocycles. The summed E-state index contributed by atoms with van der Waals surface area (Å²) in [7, 11) is 1.39. The van der Waals surface area contributed by atoms with Crippen LogP contribution in [0.15, 0.2) is 27.8 Å². The van der Waals surface area contributed by atoms with Crippen molar-refractivity contribution in [2.75, 3.05) is 10.6 Å². The smallest absolute Gasteiger partial charge is 0.326 e. The summed E-state index contributed by atoms with van der Waals surface area (Å²) in [5.74, 6) is -1.51. The standard InChI is InChI=1S/C21H26N4O4/c1-5-6-9-25-18-17(20(28)24(4)21(25)29)14(19(27)23-18)11-16(26)22-15-8-7-12(2)10-13(15)3/h7-8,10,14H,5-6,9,11H2,1-4H3,(H,22,26)(H,23,27). The third-order valence-corrected chi connectivity index (χ3v) is 5.27. The topological polar surface area (TPSA) is 102 Å². The molecule has 1 aromatic heterocycles. The number of rotatable bonds is 6. The highest BCUT2D eigenvalue weighted by molar-refractivity contribution is 6.05. The van der Waals surface area contributed by atoms with E-state index >= 15 is 0 Å². The van der Waals surface area contributed by atoms with Crippen LogP contribution in [0.2, 0.25) is 0 Å². The van der Waals surface area contributed by atoms with Crippen LogP contribution in [0.5, 0.6) is 0 Å². The molecule has 2 heterocycles. The Hall–Kier alpha value is -3.16. The molecule has 29 heavy (non-hydrogen) atoms. The van der Waals surface area contributed by atoms with Gasteiger partial charge in [-0.05, 0) is 31.9 Å². The highest BCUT2D eigenvalue weighted by Gasteiger charge is 2.38. The number of hydrogen-bond acceptors (Lipinski definition) is 4. The molecule has 1 aliphatic rings. The van der Waals surface area contributed by atoms with Crippen molar-refractivity contribution in [1.82, 2.24) is 9.13 Å². The van der Waals surface area contributed by atoms with Gasteiger partial charge in [-0.2, -0.15) is 0 Å². The van der Waals surface area contributed by atoms with Gasteiger partial charge in [-0.25, -0.2) is 4.79 Å². The van der Waals surface area contributed by atoms with E-state index in [1.165, 1.54) is 11.6 Å². The molecule has 0 spiro atoms. The van der Waals surface area contributed by atoms with Gasteiger partial charge in [0, 0.05) is 25.7 Å². The molecule has 8 heteroatoms. The van der Waals surface area contributed by atoms with E-state index in [1.54, 1.807) is 0 Å². The van der Waals surface area contributed by atoms with Crippen LogP contribution in [-0.2, 0) is 23.2 Å². The maximum Gasteiger partial charge on any atom is 0.332 e. The van der Waals surface area contributed by atoms with Crippen LogP contribution in [0.1, 0.15) is 48.8 Å². The van der Waals surface area contributed by atoms with Crippen molar-refractivity contribution in [3.05, 3.63) is 55.7 Å². The number of aromatic nitrogens is 2. The van der Waals surface area contributed by atoms with Crippen LogP contribution >= 0.6 is 0 Å². The first-order valence-electron chi connectivity index (χ1n) is 9.76. The first kappa shape index (κ1) is 20.6. The van der Waals surface area contributed by atoms with Crippen molar-refractivity contribution >= 4 is 23.3 Å². The fourth-order valence-electron chi connectivity index (χ4n) is 3.63. The number of hydrogen-bond donors (Lipinski definition) is 2. The highest BCUT2D eigenvalue weighted by Crippen LogP contribution is 2.32. The molecule has 0 saturated carbocycles. The molecule has 2 aromatic rings. The fraction of sp³-hybridized carbons (Fsp3) is 0.429. The number of aryl methyl sites for hydroxylation is 2. The van der Waals surface area contributed by atoms with Crippen LogP contribution < -0.4 is 21.9 Å². The minimum Gasteiger partial charge on any atom is -0.326 e. The van der Waals surface area contributed by atoms with Gasteiger partial charge in [0.2, 0.25) is 11.8 Å². The zero-order chi connectivity index (χ0) is 21.3. The number of carbonyl (C=O) groups excluding carboxylic acids is 2. The summed E-state index contributed by atoms with van der Waals surface area (Å²) in [6.07, 6.45) is 1.42. The molecule has 2 amide bonds. The Bertz CT molecular complexity index is 1100. The normalized spacial score (nSPS) is 15.2. The predicted molar refractivity (Wildman–Crippen MR) is 111 cm³/mol. The molecule has 0 radical (unpaired) electrons. The van der Waals surface area contributed by atoms with Crippen LogP contribution in [0.4, 0.5) is 11.5 Å². The average molecular weight is 398 g/mol. The third kappa shape index (κ3) is 3.87. The second kappa shape index (κ2) is 8.06. The lowest BCUT2D eigenvalue weighted by atomic mass is 9.98. The average Bonchev–Trinajstić information content (AvgIpc) is 2.98. The van der Waals surface area contributed by atoms with E-state index in [0.29, 0.717) is 12.2 Å².